The molecule has 3 amide bonds. The maximum Gasteiger partial charge on any atom is 0.253 e. The summed E-state index contributed by atoms with van der Waals surface area (Å²) in [5.41, 5.74) is 0.756. The van der Waals surface area contributed by atoms with Crippen molar-refractivity contribution < 1.29 is 33.4 Å². The topological polar surface area (TPSA) is 141 Å². The lowest BCUT2D eigenvalue weighted by molar-refractivity contribution is -0.125. The van der Waals surface area contributed by atoms with Crippen LogP contribution in [0.3, 0.4) is 0 Å². The smallest absolute Gasteiger partial charge is 0.253 e. The number of hydrogen-bond acceptors (Lipinski definition) is 7. The van der Waals surface area contributed by atoms with E-state index in [9.17, 15) is 33.4 Å². The van der Waals surface area contributed by atoms with Gasteiger partial charge < -0.3 is 26.2 Å². The minimum Gasteiger partial charge on any atom is -0.388 e. The number of halogens is 2. The second-order valence-corrected chi connectivity index (χ2v) is 13.6. The summed E-state index contributed by atoms with van der Waals surface area (Å²) in [6.07, 6.45) is 6.37. The average molecular weight is 713 g/mol. The number of nitrogens with zero attached hydrogens (tertiary/aromatic N) is 1. The number of thioether (sulfide) groups is 1. The van der Waals surface area contributed by atoms with Gasteiger partial charge >= 0.3 is 0 Å². The molecule has 0 aliphatic heterocycles. The third-order valence-corrected chi connectivity index (χ3v) is 9.31. The molecular weight excluding hydrogens is 663 g/mol. The molecule has 0 unspecified atom stereocenters. The Labute approximate surface area is 298 Å². The molecule has 1 aromatic heterocycles. The van der Waals surface area contributed by atoms with E-state index < -0.39 is 59.7 Å². The first kappa shape index (κ1) is 40.6. The van der Waals surface area contributed by atoms with E-state index in [1.54, 1.807) is 42.5 Å². The van der Waals surface area contributed by atoms with Gasteiger partial charge in [-0.2, -0.15) is 11.8 Å². The number of aromatic nitrogens is 1. The first-order valence-corrected chi connectivity index (χ1v) is 18.6. The van der Waals surface area contributed by atoms with Crippen molar-refractivity contribution in [1.29, 1.82) is 0 Å². The van der Waals surface area contributed by atoms with Gasteiger partial charge in [0.15, 0.2) is 0 Å². The fourth-order valence-electron chi connectivity index (χ4n) is 6.07. The highest BCUT2D eigenvalue weighted by molar-refractivity contribution is 7.98. The summed E-state index contributed by atoms with van der Waals surface area (Å²) in [6, 6.07) is 11.3. The number of hydrogen-bond donors (Lipinski definition) is 5. The molecule has 0 bridgehead atoms. The predicted molar refractivity (Wildman–Crippen MR) is 193 cm³/mol. The Balaban J connectivity index is 1.93. The molecule has 3 aromatic rings. The molecule has 1 heterocycles. The molecular formula is C38H50F2N4O5S. The summed E-state index contributed by atoms with van der Waals surface area (Å²) in [5.74, 6) is -2.40. The Morgan fingerprint density at radius 1 is 0.760 bits per heavy atom. The van der Waals surface area contributed by atoms with Crippen LogP contribution in [0, 0.1) is 17.6 Å². The molecule has 0 aliphatic rings. The van der Waals surface area contributed by atoms with Crippen LogP contribution in [-0.4, -0.2) is 75.3 Å². The van der Waals surface area contributed by atoms with Gasteiger partial charge in [0.1, 0.15) is 29.9 Å². The van der Waals surface area contributed by atoms with Crippen LogP contribution in [0.2, 0.25) is 0 Å². The van der Waals surface area contributed by atoms with Crippen molar-refractivity contribution in [2.45, 2.75) is 95.5 Å². The highest BCUT2D eigenvalue weighted by Gasteiger charge is 2.36. The van der Waals surface area contributed by atoms with Gasteiger partial charge in [0.25, 0.3) is 11.8 Å². The Morgan fingerprint density at radius 3 is 1.98 bits per heavy atom. The fourth-order valence-corrected chi connectivity index (χ4v) is 6.56. The predicted octanol–water partition coefficient (Wildman–Crippen LogP) is 5.46. The highest BCUT2D eigenvalue weighted by Crippen LogP contribution is 2.22. The second kappa shape index (κ2) is 21.4. The van der Waals surface area contributed by atoms with Gasteiger partial charge in [0.05, 0.1) is 17.6 Å². The monoisotopic (exact) mass is 712 g/mol. The fraction of sp³-hybridized carbons (Fsp3) is 0.474. The average Bonchev–Trinajstić information content (AvgIpc) is 3.11. The normalized spacial score (nSPS) is 14.3. The number of carbonyl (C=O) groups is 3. The minimum absolute atomic E-state index is 0.134. The number of nitrogens with one attached hydrogen (secondary N) is 3. The Hall–Kier alpha value is -3.87. The molecule has 2 aromatic carbocycles. The van der Waals surface area contributed by atoms with Gasteiger partial charge in [-0.25, -0.2) is 8.78 Å². The summed E-state index contributed by atoms with van der Waals surface area (Å²) < 4.78 is 28.5. The Bertz CT molecular complexity index is 1460. The zero-order valence-electron chi connectivity index (χ0n) is 29.0. The van der Waals surface area contributed by atoms with Gasteiger partial charge in [-0.05, 0) is 85.6 Å². The molecule has 12 heteroatoms. The van der Waals surface area contributed by atoms with E-state index in [2.05, 4.69) is 34.8 Å². The zero-order valence-corrected chi connectivity index (χ0v) is 29.8. The first-order chi connectivity index (χ1) is 24.1. The lowest BCUT2D eigenvalue weighted by Gasteiger charge is -2.34. The SMILES string of the molecule is CCCC(CCC)CC[C@@H](NC(=O)c1cccnc1)C(=O)N[C@@H](Cc1cc(F)cc(F)c1)[C@@H](O)[C@H](O)[C@@H](CCSC)NC(=O)c1ccccc1. The minimum atomic E-state index is -1.68. The number of rotatable bonds is 21. The maximum absolute atomic E-state index is 14.3. The Morgan fingerprint density at radius 2 is 1.38 bits per heavy atom. The van der Waals surface area contributed by atoms with E-state index >= 15 is 0 Å². The van der Waals surface area contributed by atoms with Crippen molar-refractivity contribution in [3.8, 4) is 0 Å². The van der Waals surface area contributed by atoms with Crippen LogP contribution in [0.5, 0.6) is 0 Å². The molecule has 0 saturated heterocycles. The van der Waals surface area contributed by atoms with Crippen LogP contribution in [0.1, 0.15) is 85.1 Å². The Kier molecular flexibility index (Phi) is 17.3. The molecule has 0 radical (unpaired) electrons. The van der Waals surface area contributed by atoms with Crippen molar-refractivity contribution in [3.63, 3.8) is 0 Å². The number of aliphatic hydroxyl groups is 2. The molecule has 50 heavy (non-hydrogen) atoms. The van der Waals surface area contributed by atoms with Crippen LogP contribution in [0.25, 0.3) is 0 Å². The second-order valence-electron chi connectivity index (χ2n) is 12.6. The maximum atomic E-state index is 14.3. The van der Waals surface area contributed by atoms with Crippen LogP contribution in [-0.2, 0) is 11.2 Å². The molecule has 0 aliphatic carbocycles. The van der Waals surface area contributed by atoms with E-state index in [1.807, 2.05) is 6.26 Å². The number of amides is 3. The summed E-state index contributed by atoms with van der Waals surface area (Å²) >= 11 is 1.49. The van der Waals surface area contributed by atoms with Crippen LogP contribution in [0.4, 0.5) is 8.78 Å². The summed E-state index contributed by atoms with van der Waals surface area (Å²) in [7, 11) is 0. The molecule has 272 valence electrons. The number of carbonyl (C=O) groups excluding carboxylic acids is 3. The number of pyridine rings is 1. The molecule has 5 N–H and O–H groups in total. The van der Waals surface area contributed by atoms with Gasteiger partial charge in [-0.3, -0.25) is 19.4 Å². The van der Waals surface area contributed by atoms with E-state index in [0.29, 0.717) is 36.1 Å². The number of benzene rings is 2. The number of aliphatic hydroxyl groups excluding tert-OH is 2. The van der Waals surface area contributed by atoms with Crippen molar-refractivity contribution in [2.75, 3.05) is 12.0 Å². The van der Waals surface area contributed by atoms with Crippen LogP contribution < -0.4 is 16.0 Å². The lowest BCUT2D eigenvalue weighted by atomic mass is 9.90. The molecule has 0 fully saturated rings. The highest BCUT2D eigenvalue weighted by atomic mass is 32.2. The third kappa shape index (κ3) is 13.1. The summed E-state index contributed by atoms with van der Waals surface area (Å²) in [5, 5.41) is 31.6. The van der Waals surface area contributed by atoms with E-state index in [-0.39, 0.29) is 24.0 Å². The standard InChI is InChI=1S/C38H50F2N4O5S/c1-4-10-25(11-5-2)15-16-32(43-37(48)28-14-9-18-41-24-28)38(49)44-33(22-26-20-29(39)23-30(40)21-26)35(46)34(45)31(17-19-50-3)42-36(47)27-12-7-6-8-13-27/h6-9,12-14,18,20-21,23-25,31-35,45-46H,4-5,10-11,15-17,19,22H2,1-3H3,(H,42,47)(H,43,48)(H,44,49)/t31-,32-,33+,34-,35-/m1/s1. The third-order valence-electron chi connectivity index (χ3n) is 8.67. The summed E-state index contributed by atoms with van der Waals surface area (Å²) in [4.78, 5) is 44.3. The largest absolute Gasteiger partial charge is 0.388 e. The van der Waals surface area contributed by atoms with Crippen molar-refractivity contribution in [2.24, 2.45) is 5.92 Å². The van der Waals surface area contributed by atoms with Gasteiger partial charge in [-0.1, -0.05) is 57.7 Å². The van der Waals surface area contributed by atoms with Gasteiger partial charge in [0.2, 0.25) is 5.91 Å². The van der Waals surface area contributed by atoms with Crippen molar-refractivity contribution in [3.05, 3.63) is 101 Å². The van der Waals surface area contributed by atoms with Crippen LogP contribution >= 0.6 is 11.8 Å². The zero-order chi connectivity index (χ0) is 36.5. The van der Waals surface area contributed by atoms with Gasteiger partial charge in [0, 0.05) is 24.0 Å². The van der Waals surface area contributed by atoms with Crippen molar-refractivity contribution >= 4 is 29.5 Å². The van der Waals surface area contributed by atoms with E-state index in [1.165, 1.54) is 24.2 Å². The molecule has 3 rings (SSSR count). The molecule has 0 spiro atoms. The van der Waals surface area contributed by atoms with Crippen molar-refractivity contribution in [1.82, 2.24) is 20.9 Å². The molecule has 9 nitrogen and oxygen atoms in total. The van der Waals surface area contributed by atoms with E-state index in [0.717, 1.165) is 37.8 Å². The quantitative estimate of drug-likeness (QED) is 0.0989. The summed E-state index contributed by atoms with van der Waals surface area (Å²) in [6.45, 7) is 4.19. The lowest BCUT2D eigenvalue weighted by Crippen LogP contribution is -2.59. The van der Waals surface area contributed by atoms with E-state index in [4.69, 9.17) is 0 Å². The van der Waals surface area contributed by atoms with Gasteiger partial charge in [-0.15, -0.1) is 0 Å². The molecule has 5 atom stereocenters. The first-order valence-electron chi connectivity index (χ1n) is 17.2. The van der Waals surface area contributed by atoms with Crippen LogP contribution in [0.15, 0.2) is 73.1 Å². The molecule has 0 saturated carbocycles.